The summed E-state index contributed by atoms with van der Waals surface area (Å²) >= 11 is 10.5. The summed E-state index contributed by atoms with van der Waals surface area (Å²) in [6.45, 7) is 9.22. The van der Waals surface area contributed by atoms with Gasteiger partial charge in [-0.05, 0) is 49.4 Å². The Balaban J connectivity index is 2.70. The van der Waals surface area contributed by atoms with Gasteiger partial charge in [0.25, 0.3) is 0 Å². The van der Waals surface area contributed by atoms with E-state index in [2.05, 4.69) is 55.4 Å². The molecule has 0 aromatic rings. The number of hydrogen-bond acceptors (Lipinski definition) is 4. The highest BCUT2D eigenvalue weighted by Crippen LogP contribution is 2.43. The zero-order chi connectivity index (χ0) is 17.6. The van der Waals surface area contributed by atoms with Crippen molar-refractivity contribution in [2.75, 3.05) is 13.2 Å². The molecule has 8 atom stereocenters. The van der Waals surface area contributed by atoms with Crippen LogP contribution in [0.2, 0.25) is 0 Å². The van der Waals surface area contributed by atoms with Crippen molar-refractivity contribution in [3.8, 4) is 0 Å². The molecule has 0 saturated carbocycles. The molecule has 0 aliphatic carbocycles. The molecule has 0 aromatic heterocycles. The molecule has 2 nitrogen and oxygen atoms in total. The van der Waals surface area contributed by atoms with Crippen molar-refractivity contribution < 1.29 is 10.2 Å². The third-order valence-electron chi connectivity index (χ3n) is 5.64. The lowest BCUT2D eigenvalue weighted by Gasteiger charge is -2.38. The zero-order valence-corrected chi connectivity index (χ0v) is 18.3. The van der Waals surface area contributed by atoms with Crippen LogP contribution in [0, 0.1) is 23.7 Å². The van der Waals surface area contributed by atoms with E-state index in [-0.39, 0.29) is 30.3 Å². The second-order valence-electron chi connectivity index (χ2n) is 7.40. The van der Waals surface area contributed by atoms with Crippen LogP contribution in [0.1, 0.15) is 53.4 Å². The quantitative estimate of drug-likeness (QED) is 0.352. The number of aliphatic hydroxyl groups excluding tert-OH is 2. The second-order valence-corrected chi connectivity index (χ2v) is 11.3. The Morgan fingerprint density at radius 2 is 1.70 bits per heavy atom. The molecule has 138 valence electrons. The SMILES string of the molecule is CC(Br)CCC(S)C(C)C(CO)C(CO)C(C)C1CCC(C)S1. The molecule has 0 aromatic carbocycles. The molecule has 23 heavy (non-hydrogen) atoms. The van der Waals surface area contributed by atoms with Gasteiger partial charge in [0.05, 0.1) is 0 Å². The highest BCUT2D eigenvalue weighted by molar-refractivity contribution is 9.09. The smallest absolute Gasteiger partial charge is 0.0465 e. The second kappa shape index (κ2) is 10.9. The summed E-state index contributed by atoms with van der Waals surface area (Å²) in [5.41, 5.74) is 0. The van der Waals surface area contributed by atoms with Crippen LogP contribution in [0.25, 0.3) is 0 Å². The van der Waals surface area contributed by atoms with E-state index in [4.69, 9.17) is 12.6 Å². The summed E-state index contributed by atoms with van der Waals surface area (Å²) in [6, 6.07) is 0. The van der Waals surface area contributed by atoms with Crippen LogP contribution < -0.4 is 0 Å². The summed E-state index contributed by atoms with van der Waals surface area (Å²) in [5, 5.41) is 21.6. The number of hydrogen-bond donors (Lipinski definition) is 3. The van der Waals surface area contributed by atoms with Crippen LogP contribution in [0.3, 0.4) is 0 Å². The van der Waals surface area contributed by atoms with Crippen LogP contribution in [0.4, 0.5) is 0 Å². The number of aliphatic hydroxyl groups is 2. The predicted molar refractivity (Wildman–Crippen MR) is 110 cm³/mol. The molecule has 0 radical (unpaired) electrons. The van der Waals surface area contributed by atoms with E-state index in [0.29, 0.717) is 21.9 Å². The van der Waals surface area contributed by atoms with Crippen LogP contribution in [-0.2, 0) is 0 Å². The Morgan fingerprint density at radius 1 is 1.09 bits per heavy atom. The average Bonchev–Trinajstić information content (AvgIpc) is 2.95. The first-order valence-corrected chi connectivity index (χ1v) is 11.4. The normalized spacial score (nSPS) is 29.7. The molecule has 1 saturated heterocycles. The van der Waals surface area contributed by atoms with Gasteiger partial charge in [-0.25, -0.2) is 0 Å². The molecule has 0 spiro atoms. The molecule has 5 heteroatoms. The van der Waals surface area contributed by atoms with Crippen LogP contribution >= 0.6 is 40.3 Å². The fourth-order valence-corrected chi connectivity index (χ4v) is 6.05. The molecular weight excluding hydrogens is 392 g/mol. The minimum atomic E-state index is 0.125. The van der Waals surface area contributed by atoms with Gasteiger partial charge in [0.15, 0.2) is 0 Å². The average molecular weight is 428 g/mol. The zero-order valence-electron chi connectivity index (χ0n) is 15.0. The number of thiol groups is 1. The molecule has 1 heterocycles. The summed E-state index contributed by atoms with van der Waals surface area (Å²) in [5.74, 6) is 1.02. The van der Waals surface area contributed by atoms with Crippen LogP contribution in [0.15, 0.2) is 0 Å². The Hall–Kier alpha value is 1.10. The van der Waals surface area contributed by atoms with Gasteiger partial charge < -0.3 is 10.2 Å². The maximum Gasteiger partial charge on any atom is 0.0465 e. The summed E-state index contributed by atoms with van der Waals surface area (Å²) < 4.78 is 0. The molecule has 1 aliphatic heterocycles. The van der Waals surface area contributed by atoms with Crippen molar-refractivity contribution in [3.05, 3.63) is 0 Å². The lowest BCUT2D eigenvalue weighted by Crippen LogP contribution is -2.38. The van der Waals surface area contributed by atoms with Crippen molar-refractivity contribution in [1.82, 2.24) is 0 Å². The van der Waals surface area contributed by atoms with Crippen molar-refractivity contribution in [3.63, 3.8) is 0 Å². The molecule has 2 N–H and O–H groups in total. The third-order valence-corrected chi connectivity index (χ3v) is 8.54. The summed E-state index contributed by atoms with van der Waals surface area (Å²) in [4.78, 5) is 0.501. The lowest BCUT2D eigenvalue weighted by atomic mass is 9.73. The number of rotatable bonds is 10. The van der Waals surface area contributed by atoms with Gasteiger partial charge in [-0.15, -0.1) is 0 Å². The molecule has 0 bridgehead atoms. The number of thioether (sulfide) groups is 1. The van der Waals surface area contributed by atoms with Crippen molar-refractivity contribution in [2.24, 2.45) is 23.7 Å². The Kier molecular flexibility index (Phi) is 10.5. The van der Waals surface area contributed by atoms with Gasteiger partial charge >= 0.3 is 0 Å². The summed E-state index contributed by atoms with van der Waals surface area (Å²) in [6.07, 6.45) is 4.64. The first-order valence-electron chi connectivity index (χ1n) is 9.01. The Bertz CT molecular complexity index is 330. The highest BCUT2D eigenvalue weighted by Gasteiger charge is 2.38. The lowest BCUT2D eigenvalue weighted by molar-refractivity contribution is 0.0515. The summed E-state index contributed by atoms with van der Waals surface area (Å²) in [7, 11) is 0. The molecule has 1 fully saturated rings. The predicted octanol–water partition coefficient (Wildman–Crippen LogP) is 4.62. The van der Waals surface area contributed by atoms with Crippen molar-refractivity contribution in [2.45, 2.75) is 74.0 Å². The largest absolute Gasteiger partial charge is 0.396 e. The van der Waals surface area contributed by atoms with Crippen molar-refractivity contribution in [1.29, 1.82) is 0 Å². The van der Waals surface area contributed by atoms with E-state index in [0.717, 1.165) is 18.1 Å². The molecule has 0 amide bonds. The van der Waals surface area contributed by atoms with E-state index in [9.17, 15) is 10.2 Å². The van der Waals surface area contributed by atoms with Gasteiger partial charge in [0, 0.05) is 33.8 Å². The van der Waals surface area contributed by atoms with Gasteiger partial charge in [-0.2, -0.15) is 24.4 Å². The minimum absolute atomic E-state index is 0.125. The standard InChI is InChI=1S/C18H35BrO2S2/c1-11(19)5-7-17(22)13(3)15(9-20)16(10-21)14(4)18-8-6-12(2)23-18/h11-18,20-22H,5-10H2,1-4H3. The number of halogens is 1. The molecular formula is C18H35BrO2S2. The van der Waals surface area contributed by atoms with Crippen molar-refractivity contribution >= 4 is 40.3 Å². The molecule has 1 aliphatic rings. The maximum atomic E-state index is 10.0. The topological polar surface area (TPSA) is 40.5 Å². The third kappa shape index (κ3) is 6.73. The van der Waals surface area contributed by atoms with Gasteiger partial charge in [0.1, 0.15) is 0 Å². The Labute approximate surface area is 161 Å². The van der Waals surface area contributed by atoms with E-state index in [1.165, 1.54) is 12.8 Å². The van der Waals surface area contributed by atoms with E-state index >= 15 is 0 Å². The van der Waals surface area contributed by atoms with Gasteiger partial charge in [0.2, 0.25) is 0 Å². The van der Waals surface area contributed by atoms with E-state index in [1.54, 1.807) is 0 Å². The van der Waals surface area contributed by atoms with Crippen LogP contribution in [-0.4, -0.2) is 44.0 Å². The van der Waals surface area contributed by atoms with E-state index in [1.807, 2.05) is 0 Å². The Morgan fingerprint density at radius 3 is 2.13 bits per heavy atom. The number of alkyl halides is 1. The fourth-order valence-electron chi connectivity index (χ4n) is 3.83. The maximum absolute atomic E-state index is 10.0. The first-order chi connectivity index (χ1) is 10.8. The monoisotopic (exact) mass is 426 g/mol. The fraction of sp³-hybridized carbons (Fsp3) is 1.00. The first kappa shape index (κ1) is 22.1. The van der Waals surface area contributed by atoms with Gasteiger partial charge in [-0.3, -0.25) is 0 Å². The molecule has 1 rings (SSSR count). The van der Waals surface area contributed by atoms with E-state index < -0.39 is 0 Å². The minimum Gasteiger partial charge on any atom is -0.396 e. The van der Waals surface area contributed by atoms with Gasteiger partial charge in [-0.1, -0.05) is 43.6 Å². The molecule has 8 unspecified atom stereocenters. The highest BCUT2D eigenvalue weighted by atomic mass is 79.9. The van der Waals surface area contributed by atoms with Crippen LogP contribution in [0.5, 0.6) is 0 Å².